The standard InChI is InChI=1S/C8H9ClFNO.ClH/c9-6-1-5(8(12)4-11)2-7(10)3-6;/h1-3,8,12H,4,11H2;1H. The Labute approximate surface area is 86.9 Å². The van der Waals surface area contributed by atoms with Crippen LogP contribution in [0.15, 0.2) is 18.2 Å². The van der Waals surface area contributed by atoms with Gasteiger partial charge < -0.3 is 10.8 Å². The van der Waals surface area contributed by atoms with Crippen molar-refractivity contribution in [3.8, 4) is 0 Å². The normalized spacial score (nSPS) is 12.0. The van der Waals surface area contributed by atoms with E-state index in [-0.39, 0.29) is 24.0 Å². The summed E-state index contributed by atoms with van der Waals surface area (Å²) < 4.78 is 12.7. The first kappa shape index (κ1) is 12.7. The Bertz CT molecular complexity index is 263. The lowest BCUT2D eigenvalue weighted by Gasteiger charge is -2.07. The summed E-state index contributed by atoms with van der Waals surface area (Å²) >= 11 is 5.56. The highest BCUT2D eigenvalue weighted by Gasteiger charge is 2.06. The van der Waals surface area contributed by atoms with Gasteiger partial charge in [0.1, 0.15) is 5.82 Å². The zero-order valence-corrected chi connectivity index (χ0v) is 8.28. The first-order valence-corrected chi connectivity index (χ1v) is 3.85. The third kappa shape index (κ3) is 3.48. The van der Waals surface area contributed by atoms with Gasteiger partial charge in [-0.1, -0.05) is 11.6 Å². The van der Waals surface area contributed by atoms with Gasteiger partial charge >= 0.3 is 0 Å². The molecule has 0 bridgehead atoms. The van der Waals surface area contributed by atoms with Crippen molar-refractivity contribution in [2.75, 3.05) is 6.54 Å². The molecule has 3 N–H and O–H groups in total. The molecule has 0 aliphatic heterocycles. The maximum Gasteiger partial charge on any atom is 0.125 e. The Kier molecular flexibility index (Phi) is 5.25. The number of hydrogen-bond acceptors (Lipinski definition) is 2. The Morgan fingerprint density at radius 3 is 2.54 bits per heavy atom. The number of halogens is 3. The molecule has 1 aromatic carbocycles. The van der Waals surface area contributed by atoms with E-state index in [2.05, 4.69) is 0 Å². The van der Waals surface area contributed by atoms with Gasteiger partial charge in [0.25, 0.3) is 0 Å². The Morgan fingerprint density at radius 2 is 2.08 bits per heavy atom. The first-order chi connectivity index (χ1) is 5.63. The van der Waals surface area contributed by atoms with Crippen LogP contribution in [0.25, 0.3) is 0 Å². The summed E-state index contributed by atoms with van der Waals surface area (Å²) in [7, 11) is 0. The highest BCUT2D eigenvalue weighted by Crippen LogP contribution is 2.18. The monoisotopic (exact) mass is 225 g/mol. The average molecular weight is 226 g/mol. The predicted octanol–water partition coefficient (Wildman–Crippen LogP) is 1.89. The summed E-state index contributed by atoms with van der Waals surface area (Å²) in [6, 6.07) is 3.87. The number of hydrogen-bond donors (Lipinski definition) is 2. The minimum Gasteiger partial charge on any atom is -0.387 e. The highest BCUT2D eigenvalue weighted by atomic mass is 35.5. The fourth-order valence-corrected chi connectivity index (χ4v) is 1.13. The largest absolute Gasteiger partial charge is 0.387 e. The third-order valence-electron chi connectivity index (χ3n) is 1.49. The van der Waals surface area contributed by atoms with Crippen LogP contribution in [-0.2, 0) is 0 Å². The molecule has 1 aromatic rings. The number of nitrogens with two attached hydrogens (primary N) is 1. The number of rotatable bonds is 2. The maximum absolute atomic E-state index is 12.7. The van der Waals surface area contributed by atoms with Crippen LogP contribution in [0.1, 0.15) is 11.7 Å². The zero-order chi connectivity index (χ0) is 9.14. The molecule has 0 amide bonds. The quantitative estimate of drug-likeness (QED) is 0.808. The van der Waals surface area contributed by atoms with E-state index in [0.29, 0.717) is 5.56 Å². The molecular weight excluding hydrogens is 216 g/mol. The molecule has 2 nitrogen and oxygen atoms in total. The van der Waals surface area contributed by atoms with Gasteiger partial charge in [0.05, 0.1) is 6.10 Å². The molecule has 1 atom stereocenters. The molecular formula is C8H10Cl2FNO. The van der Waals surface area contributed by atoms with Crippen LogP contribution in [0.5, 0.6) is 0 Å². The Balaban J connectivity index is 0.00000144. The number of benzene rings is 1. The van der Waals surface area contributed by atoms with Crippen molar-refractivity contribution < 1.29 is 9.50 Å². The summed E-state index contributed by atoms with van der Waals surface area (Å²) in [5.74, 6) is -0.468. The topological polar surface area (TPSA) is 46.2 Å². The molecule has 74 valence electrons. The van der Waals surface area contributed by atoms with Gasteiger partial charge in [-0.3, -0.25) is 0 Å². The van der Waals surface area contributed by atoms with Crippen LogP contribution in [-0.4, -0.2) is 11.7 Å². The van der Waals surface area contributed by atoms with Crippen LogP contribution in [0.3, 0.4) is 0 Å². The van der Waals surface area contributed by atoms with Crippen LogP contribution in [0, 0.1) is 5.82 Å². The van der Waals surface area contributed by atoms with Crippen molar-refractivity contribution in [3.63, 3.8) is 0 Å². The molecule has 0 heterocycles. The Morgan fingerprint density at radius 1 is 1.46 bits per heavy atom. The maximum atomic E-state index is 12.7. The molecule has 1 rings (SSSR count). The molecule has 0 aliphatic carbocycles. The number of aliphatic hydroxyl groups excluding tert-OH is 1. The van der Waals surface area contributed by atoms with Gasteiger partial charge in [-0.05, 0) is 23.8 Å². The van der Waals surface area contributed by atoms with Crippen molar-refractivity contribution >= 4 is 24.0 Å². The Hall–Kier alpha value is -0.350. The molecule has 0 aromatic heterocycles. The predicted molar refractivity (Wildman–Crippen MR) is 52.7 cm³/mol. The van der Waals surface area contributed by atoms with Gasteiger partial charge in [0.2, 0.25) is 0 Å². The van der Waals surface area contributed by atoms with E-state index in [1.54, 1.807) is 0 Å². The van der Waals surface area contributed by atoms with Crippen molar-refractivity contribution in [1.29, 1.82) is 0 Å². The molecule has 0 aliphatic rings. The molecule has 0 fully saturated rings. The van der Waals surface area contributed by atoms with Crippen molar-refractivity contribution in [3.05, 3.63) is 34.6 Å². The zero-order valence-electron chi connectivity index (χ0n) is 6.71. The second-order valence-corrected chi connectivity index (χ2v) is 2.89. The molecule has 0 saturated heterocycles. The summed E-state index contributed by atoms with van der Waals surface area (Å²) in [4.78, 5) is 0. The summed E-state index contributed by atoms with van der Waals surface area (Å²) in [5.41, 5.74) is 5.59. The second-order valence-electron chi connectivity index (χ2n) is 2.45. The van der Waals surface area contributed by atoms with E-state index in [0.717, 1.165) is 0 Å². The van der Waals surface area contributed by atoms with Crippen LogP contribution in [0.2, 0.25) is 5.02 Å². The molecule has 0 radical (unpaired) electrons. The van der Waals surface area contributed by atoms with E-state index in [1.165, 1.54) is 18.2 Å². The SMILES string of the molecule is Cl.NCC(O)c1cc(F)cc(Cl)c1. The van der Waals surface area contributed by atoms with E-state index in [9.17, 15) is 9.50 Å². The minimum absolute atomic E-state index is 0. The van der Waals surface area contributed by atoms with Crippen molar-refractivity contribution in [2.45, 2.75) is 6.10 Å². The van der Waals surface area contributed by atoms with Crippen LogP contribution >= 0.6 is 24.0 Å². The lowest BCUT2D eigenvalue weighted by molar-refractivity contribution is 0.186. The lowest BCUT2D eigenvalue weighted by atomic mass is 10.1. The lowest BCUT2D eigenvalue weighted by Crippen LogP contribution is -2.11. The van der Waals surface area contributed by atoms with E-state index in [4.69, 9.17) is 17.3 Å². The highest BCUT2D eigenvalue weighted by molar-refractivity contribution is 6.30. The molecule has 0 spiro atoms. The molecule has 5 heteroatoms. The fraction of sp³-hybridized carbons (Fsp3) is 0.250. The molecule has 0 saturated carbocycles. The average Bonchev–Trinajstić information content (AvgIpc) is 2.01. The van der Waals surface area contributed by atoms with Gasteiger partial charge in [-0.2, -0.15) is 0 Å². The number of aliphatic hydroxyl groups is 1. The third-order valence-corrected chi connectivity index (χ3v) is 1.71. The van der Waals surface area contributed by atoms with Crippen LogP contribution in [0.4, 0.5) is 4.39 Å². The summed E-state index contributed by atoms with van der Waals surface area (Å²) in [5, 5.41) is 9.49. The fourth-order valence-electron chi connectivity index (χ4n) is 0.904. The summed E-state index contributed by atoms with van der Waals surface area (Å²) in [6.45, 7) is 0.0553. The first-order valence-electron chi connectivity index (χ1n) is 3.47. The van der Waals surface area contributed by atoms with E-state index < -0.39 is 11.9 Å². The van der Waals surface area contributed by atoms with Crippen molar-refractivity contribution in [1.82, 2.24) is 0 Å². The van der Waals surface area contributed by atoms with Crippen molar-refractivity contribution in [2.24, 2.45) is 5.73 Å². The summed E-state index contributed by atoms with van der Waals surface area (Å²) in [6.07, 6.45) is -0.849. The van der Waals surface area contributed by atoms with Crippen LogP contribution < -0.4 is 5.73 Å². The van der Waals surface area contributed by atoms with Gasteiger partial charge in [-0.15, -0.1) is 12.4 Å². The smallest absolute Gasteiger partial charge is 0.125 e. The van der Waals surface area contributed by atoms with E-state index in [1.807, 2.05) is 0 Å². The van der Waals surface area contributed by atoms with Gasteiger partial charge in [-0.25, -0.2) is 4.39 Å². The van der Waals surface area contributed by atoms with Gasteiger partial charge in [0, 0.05) is 11.6 Å². The van der Waals surface area contributed by atoms with Gasteiger partial charge in [0.15, 0.2) is 0 Å². The molecule has 13 heavy (non-hydrogen) atoms. The minimum atomic E-state index is -0.849. The second kappa shape index (κ2) is 5.40. The van der Waals surface area contributed by atoms with E-state index >= 15 is 0 Å². The molecule has 1 unspecified atom stereocenters.